The summed E-state index contributed by atoms with van der Waals surface area (Å²) in [4.78, 5) is 3.30. The molecule has 0 atom stereocenters. The average Bonchev–Trinajstić information content (AvgIpc) is 2.73. The second kappa shape index (κ2) is 4.71. The first-order chi connectivity index (χ1) is 7.77. The fraction of sp³-hybridized carbons (Fsp3) is 0.143. The maximum atomic E-state index is 3.80. The van der Waals surface area contributed by atoms with Crippen LogP contribution in [-0.4, -0.2) is 4.98 Å². The van der Waals surface area contributed by atoms with Crippen LogP contribution >= 0.6 is 15.9 Å². The van der Waals surface area contributed by atoms with Gasteiger partial charge in [-0.2, -0.15) is 0 Å². The molecule has 0 radical (unpaired) electrons. The third kappa shape index (κ3) is 1.85. The molecule has 0 unspecified atom stereocenters. The molecule has 0 spiro atoms. The summed E-state index contributed by atoms with van der Waals surface area (Å²) in [5, 5.41) is 1.27. The second-order valence-corrected chi connectivity index (χ2v) is 4.60. The van der Waals surface area contributed by atoms with Gasteiger partial charge in [0.1, 0.15) is 0 Å². The maximum Gasteiger partial charge on any atom is 0.0493 e. The minimum absolute atomic E-state index is 0.878. The van der Waals surface area contributed by atoms with Crippen molar-refractivity contribution in [1.82, 2.24) is 4.98 Å². The average molecular weight is 276 g/mol. The van der Waals surface area contributed by atoms with Gasteiger partial charge in [-0.25, -0.2) is 0 Å². The quantitative estimate of drug-likeness (QED) is 0.797. The Morgan fingerprint density at radius 1 is 1.25 bits per heavy atom. The van der Waals surface area contributed by atoms with Gasteiger partial charge >= 0.3 is 0 Å². The Kier molecular flexibility index (Phi) is 3.30. The van der Waals surface area contributed by atoms with E-state index in [0.29, 0.717) is 0 Å². The van der Waals surface area contributed by atoms with Crippen molar-refractivity contribution in [3.05, 3.63) is 59.2 Å². The number of fused-ring (bicyclic) bond motifs is 1. The third-order valence-corrected chi connectivity index (χ3v) is 3.40. The molecule has 0 aliphatic carbocycles. The van der Waals surface area contributed by atoms with E-state index in [-0.39, 0.29) is 0 Å². The lowest BCUT2D eigenvalue weighted by molar-refractivity contribution is 1.23. The molecule has 2 rings (SSSR count). The summed E-state index contributed by atoms with van der Waals surface area (Å²) in [5.41, 5.74) is 3.77. The zero-order valence-electron chi connectivity index (χ0n) is 9.09. The van der Waals surface area contributed by atoms with Crippen molar-refractivity contribution in [2.24, 2.45) is 0 Å². The molecule has 1 aromatic heterocycles. The van der Waals surface area contributed by atoms with E-state index in [1.54, 1.807) is 0 Å². The number of aromatic amines is 1. The highest BCUT2D eigenvalue weighted by Crippen LogP contribution is 2.30. The number of nitrogens with one attached hydrogen (secondary N) is 1. The summed E-state index contributed by atoms with van der Waals surface area (Å²) < 4.78 is 1.15. The number of H-pyrrole nitrogens is 1. The van der Waals surface area contributed by atoms with Crippen molar-refractivity contribution < 1.29 is 0 Å². The summed E-state index contributed by atoms with van der Waals surface area (Å²) in [7, 11) is 0. The van der Waals surface area contributed by atoms with Gasteiger partial charge in [0.05, 0.1) is 0 Å². The zero-order valence-corrected chi connectivity index (χ0v) is 10.7. The van der Waals surface area contributed by atoms with Crippen LogP contribution in [0.3, 0.4) is 0 Å². The standard InChI is InChI=1S/C14H14BrN/c1-3-5-10-9-13(15)11(6-4-2)12-7-8-16-14(10)12/h3-4,7-9,16H,1-2,5-6H2. The van der Waals surface area contributed by atoms with Crippen molar-refractivity contribution in [3.63, 3.8) is 0 Å². The van der Waals surface area contributed by atoms with Crippen LogP contribution in [0.15, 0.2) is 48.1 Å². The predicted octanol–water partition coefficient (Wildman–Crippen LogP) is 4.39. The Hall–Kier alpha value is -1.28. The van der Waals surface area contributed by atoms with Gasteiger partial charge in [0.25, 0.3) is 0 Å². The van der Waals surface area contributed by atoms with Gasteiger partial charge in [0.2, 0.25) is 0 Å². The number of halogens is 1. The van der Waals surface area contributed by atoms with Gasteiger partial charge in [-0.3, -0.25) is 0 Å². The third-order valence-electron chi connectivity index (χ3n) is 2.70. The highest BCUT2D eigenvalue weighted by atomic mass is 79.9. The lowest BCUT2D eigenvalue weighted by Crippen LogP contribution is -1.91. The van der Waals surface area contributed by atoms with Crippen molar-refractivity contribution in [2.45, 2.75) is 12.8 Å². The smallest absolute Gasteiger partial charge is 0.0493 e. The van der Waals surface area contributed by atoms with Gasteiger partial charge in [0, 0.05) is 21.6 Å². The normalized spacial score (nSPS) is 10.6. The summed E-state index contributed by atoms with van der Waals surface area (Å²) >= 11 is 3.63. The summed E-state index contributed by atoms with van der Waals surface area (Å²) in [6.07, 6.45) is 7.60. The van der Waals surface area contributed by atoms with Crippen LogP contribution in [-0.2, 0) is 12.8 Å². The molecule has 82 valence electrons. The predicted molar refractivity (Wildman–Crippen MR) is 73.8 cm³/mol. The minimum atomic E-state index is 0.878. The molecular formula is C14H14BrN. The van der Waals surface area contributed by atoms with E-state index < -0.39 is 0 Å². The van der Waals surface area contributed by atoms with E-state index in [0.717, 1.165) is 17.3 Å². The minimum Gasteiger partial charge on any atom is -0.361 e. The highest BCUT2D eigenvalue weighted by Gasteiger charge is 2.09. The molecule has 2 heteroatoms. The summed E-state index contributed by atoms with van der Waals surface area (Å²) in [5.74, 6) is 0. The number of aromatic nitrogens is 1. The van der Waals surface area contributed by atoms with Crippen LogP contribution in [0.4, 0.5) is 0 Å². The fourth-order valence-electron chi connectivity index (χ4n) is 2.00. The topological polar surface area (TPSA) is 15.8 Å². The maximum absolute atomic E-state index is 3.80. The Labute approximate surface area is 104 Å². The Balaban J connectivity index is 2.69. The first-order valence-electron chi connectivity index (χ1n) is 5.27. The van der Waals surface area contributed by atoms with Gasteiger partial charge in [-0.15, -0.1) is 13.2 Å². The van der Waals surface area contributed by atoms with Gasteiger partial charge in [0.15, 0.2) is 0 Å². The van der Waals surface area contributed by atoms with Gasteiger partial charge in [-0.05, 0) is 36.1 Å². The van der Waals surface area contributed by atoms with Gasteiger partial charge in [-0.1, -0.05) is 28.1 Å². The molecule has 0 bridgehead atoms. The number of hydrogen-bond donors (Lipinski definition) is 1. The van der Waals surface area contributed by atoms with E-state index in [2.05, 4.69) is 46.2 Å². The number of benzene rings is 1. The number of rotatable bonds is 4. The van der Waals surface area contributed by atoms with E-state index in [4.69, 9.17) is 0 Å². The first kappa shape index (κ1) is 11.2. The van der Waals surface area contributed by atoms with Crippen LogP contribution in [0.25, 0.3) is 10.9 Å². The van der Waals surface area contributed by atoms with Crippen molar-refractivity contribution in [1.29, 1.82) is 0 Å². The molecule has 0 fully saturated rings. The van der Waals surface area contributed by atoms with Crippen molar-refractivity contribution in [3.8, 4) is 0 Å². The monoisotopic (exact) mass is 275 g/mol. The SMILES string of the molecule is C=CCc1c(Br)cc(CC=C)c2[nH]ccc12. The van der Waals surface area contributed by atoms with Gasteiger partial charge < -0.3 is 4.98 Å². The molecule has 1 heterocycles. The molecule has 2 aromatic rings. The molecule has 0 aliphatic heterocycles. The molecule has 1 nitrogen and oxygen atoms in total. The molecule has 0 amide bonds. The van der Waals surface area contributed by atoms with Crippen LogP contribution in [0.5, 0.6) is 0 Å². The largest absolute Gasteiger partial charge is 0.361 e. The fourth-order valence-corrected chi connectivity index (χ4v) is 2.65. The molecule has 1 aromatic carbocycles. The van der Waals surface area contributed by atoms with Crippen LogP contribution < -0.4 is 0 Å². The van der Waals surface area contributed by atoms with Crippen molar-refractivity contribution >= 4 is 26.8 Å². The molecule has 16 heavy (non-hydrogen) atoms. The van der Waals surface area contributed by atoms with Crippen LogP contribution in [0.2, 0.25) is 0 Å². The molecule has 0 aliphatic rings. The van der Waals surface area contributed by atoms with E-state index in [1.807, 2.05) is 18.3 Å². The highest BCUT2D eigenvalue weighted by molar-refractivity contribution is 9.10. The Bertz CT molecular complexity index is 537. The number of allylic oxidation sites excluding steroid dienone is 2. The zero-order chi connectivity index (χ0) is 11.5. The molecule has 1 N–H and O–H groups in total. The Morgan fingerprint density at radius 3 is 2.69 bits per heavy atom. The first-order valence-corrected chi connectivity index (χ1v) is 6.06. The molecular weight excluding hydrogens is 262 g/mol. The second-order valence-electron chi connectivity index (χ2n) is 3.75. The van der Waals surface area contributed by atoms with E-state index in [9.17, 15) is 0 Å². The van der Waals surface area contributed by atoms with Crippen LogP contribution in [0.1, 0.15) is 11.1 Å². The lowest BCUT2D eigenvalue weighted by atomic mass is 10.0. The van der Waals surface area contributed by atoms with Crippen molar-refractivity contribution in [2.75, 3.05) is 0 Å². The lowest BCUT2D eigenvalue weighted by Gasteiger charge is -2.08. The Morgan fingerprint density at radius 2 is 2.00 bits per heavy atom. The molecule has 0 saturated carbocycles. The summed E-state index contributed by atoms with van der Waals surface area (Å²) in [6, 6.07) is 4.28. The molecule has 0 saturated heterocycles. The van der Waals surface area contributed by atoms with Crippen LogP contribution in [0, 0.1) is 0 Å². The summed E-state index contributed by atoms with van der Waals surface area (Å²) in [6.45, 7) is 7.59. The number of hydrogen-bond acceptors (Lipinski definition) is 0. The van der Waals surface area contributed by atoms with E-state index >= 15 is 0 Å². The van der Waals surface area contributed by atoms with E-state index in [1.165, 1.54) is 22.0 Å².